The maximum atomic E-state index is 11.4. The molecule has 0 spiro atoms. The van der Waals surface area contributed by atoms with Gasteiger partial charge in [0.1, 0.15) is 0 Å². The summed E-state index contributed by atoms with van der Waals surface area (Å²) in [4.78, 5) is 22.5. The summed E-state index contributed by atoms with van der Waals surface area (Å²) < 4.78 is 4.75. The standard InChI is InChI=1S/C15H15NO3/c1-3-9-16-14(17)11-19-15(18)8-7-13-6-4-5-12(2)10-13/h1,4-8,10H,9,11H2,2H3,(H,16,17)/b8-7+. The minimum absolute atomic E-state index is 0.121. The molecule has 19 heavy (non-hydrogen) atoms. The van der Waals surface area contributed by atoms with Crippen LogP contribution in [-0.4, -0.2) is 25.0 Å². The lowest BCUT2D eigenvalue weighted by Crippen LogP contribution is -2.28. The predicted molar refractivity (Wildman–Crippen MR) is 73.0 cm³/mol. The summed E-state index contributed by atoms with van der Waals surface area (Å²) in [7, 11) is 0. The van der Waals surface area contributed by atoms with E-state index in [2.05, 4.69) is 11.2 Å². The summed E-state index contributed by atoms with van der Waals surface area (Å²) >= 11 is 0. The highest BCUT2D eigenvalue weighted by molar-refractivity contribution is 5.89. The highest BCUT2D eigenvalue weighted by Gasteiger charge is 2.03. The van der Waals surface area contributed by atoms with E-state index >= 15 is 0 Å². The van der Waals surface area contributed by atoms with Gasteiger partial charge in [-0.1, -0.05) is 35.7 Å². The van der Waals surface area contributed by atoms with Crippen molar-refractivity contribution in [2.24, 2.45) is 0 Å². The number of benzene rings is 1. The Labute approximate surface area is 112 Å². The van der Waals surface area contributed by atoms with Crippen molar-refractivity contribution in [1.29, 1.82) is 0 Å². The van der Waals surface area contributed by atoms with Crippen molar-refractivity contribution in [1.82, 2.24) is 5.32 Å². The molecule has 4 nitrogen and oxygen atoms in total. The molecule has 1 aromatic carbocycles. The number of carbonyl (C=O) groups is 2. The van der Waals surface area contributed by atoms with E-state index in [-0.39, 0.29) is 13.2 Å². The van der Waals surface area contributed by atoms with Gasteiger partial charge in [-0.15, -0.1) is 6.42 Å². The lowest BCUT2D eigenvalue weighted by atomic mass is 10.1. The van der Waals surface area contributed by atoms with E-state index in [1.165, 1.54) is 6.08 Å². The number of hydrogen-bond acceptors (Lipinski definition) is 3. The molecule has 0 radical (unpaired) electrons. The van der Waals surface area contributed by atoms with Crippen LogP contribution in [0, 0.1) is 19.3 Å². The van der Waals surface area contributed by atoms with Gasteiger partial charge >= 0.3 is 5.97 Å². The van der Waals surface area contributed by atoms with Gasteiger partial charge in [0, 0.05) is 6.08 Å². The van der Waals surface area contributed by atoms with Gasteiger partial charge in [0.15, 0.2) is 6.61 Å². The van der Waals surface area contributed by atoms with Crippen molar-refractivity contribution < 1.29 is 14.3 Å². The van der Waals surface area contributed by atoms with Crippen molar-refractivity contribution in [2.45, 2.75) is 6.92 Å². The summed E-state index contributed by atoms with van der Waals surface area (Å²) in [5.74, 6) is 1.26. The summed E-state index contributed by atoms with van der Waals surface area (Å²) in [5.41, 5.74) is 2.00. The fourth-order valence-electron chi connectivity index (χ4n) is 1.32. The van der Waals surface area contributed by atoms with E-state index in [9.17, 15) is 9.59 Å². The van der Waals surface area contributed by atoms with Crippen LogP contribution in [0.15, 0.2) is 30.3 Å². The van der Waals surface area contributed by atoms with Crippen LogP contribution in [0.3, 0.4) is 0 Å². The van der Waals surface area contributed by atoms with Gasteiger partial charge in [-0.3, -0.25) is 4.79 Å². The maximum absolute atomic E-state index is 11.4. The van der Waals surface area contributed by atoms with Gasteiger partial charge in [-0.2, -0.15) is 0 Å². The van der Waals surface area contributed by atoms with E-state index in [4.69, 9.17) is 11.2 Å². The number of carbonyl (C=O) groups excluding carboxylic acids is 2. The molecule has 0 saturated carbocycles. The number of esters is 1. The molecule has 4 heteroatoms. The molecule has 0 fully saturated rings. The Morgan fingerprint density at radius 3 is 2.95 bits per heavy atom. The van der Waals surface area contributed by atoms with Crippen LogP contribution >= 0.6 is 0 Å². The van der Waals surface area contributed by atoms with E-state index in [0.29, 0.717) is 0 Å². The predicted octanol–water partition coefficient (Wildman–Crippen LogP) is 1.30. The third-order valence-corrected chi connectivity index (χ3v) is 2.19. The van der Waals surface area contributed by atoms with Crippen LogP contribution in [0.2, 0.25) is 0 Å². The minimum atomic E-state index is -0.572. The average Bonchev–Trinajstić information content (AvgIpc) is 2.40. The highest BCUT2D eigenvalue weighted by Crippen LogP contribution is 2.05. The number of amides is 1. The lowest BCUT2D eigenvalue weighted by Gasteiger charge is -2.01. The third-order valence-electron chi connectivity index (χ3n) is 2.19. The second-order valence-electron chi connectivity index (χ2n) is 3.84. The molecule has 98 valence electrons. The number of ether oxygens (including phenoxy) is 1. The summed E-state index contributed by atoms with van der Waals surface area (Å²) in [5, 5.41) is 2.39. The molecule has 1 N–H and O–H groups in total. The second-order valence-corrected chi connectivity index (χ2v) is 3.84. The van der Waals surface area contributed by atoms with Crippen LogP contribution in [-0.2, 0) is 14.3 Å². The molecule has 0 unspecified atom stereocenters. The van der Waals surface area contributed by atoms with Crippen molar-refractivity contribution in [2.75, 3.05) is 13.2 Å². The van der Waals surface area contributed by atoms with Gasteiger partial charge in [0.2, 0.25) is 0 Å². The Kier molecular flexibility index (Phi) is 5.90. The van der Waals surface area contributed by atoms with E-state index in [1.54, 1.807) is 6.08 Å². The molecule has 0 heterocycles. The summed E-state index contributed by atoms with van der Waals surface area (Å²) in [6.45, 7) is 1.75. The first-order valence-corrected chi connectivity index (χ1v) is 5.73. The first kappa shape index (κ1) is 14.5. The van der Waals surface area contributed by atoms with Gasteiger partial charge in [-0.05, 0) is 18.6 Å². The van der Waals surface area contributed by atoms with Crippen molar-refractivity contribution in [3.05, 3.63) is 41.5 Å². The fraction of sp³-hybridized carbons (Fsp3) is 0.200. The van der Waals surface area contributed by atoms with Crippen molar-refractivity contribution in [3.8, 4) is 12.3 Å². The molecular weight excluding hydrogens is 242 g/mol. The monoisotopic (exact) mass is 257 g/mol. The van der Waals surface area contributed by atoms with Crippen LogP contribution < -0.4 is 5.32 Å². The number of hydrogen-bond donors (Lipinski definition) is 1. The molecule has 0 aliphatic rings. The zero-order valence-electron chi connectivity index (χ0n) is 10.7. The maximum Gasteiger partial charge on any atom is 0.331 e. The molecule has 1 amide bonds. The number of rotatable bonds is 5. The number of aryl methyl sites for hydroxylation is 1. The van der Waals surface area contributed by atoms with E-state index in [1.807, 2.05) is 31.2 Å². The largest absolute Gasteiger partial charge is 0.452 e. The molecule has 0 bridgehead atoms. The van der Waals surface area contributed by atoms with Gasteiger partial charge < -0.3 is 10.1 Å². The fourth-order valence-corrected chi connectivity index (χ4v) is 1.32. The van der Waals surface area contributed by atoms with Crippen LogP contribution in [0.1, 0.15) is 11.1 Å². The average molecular weight is 257 g/mol. The highest BCUT2D eigenvalue weighted by atomic mass is 16.5. The van der Waals surface area contributed by atoms with Gasteiger partial charge in [0.25, 0.3) is 5.91 Å². The molecule has 1 rings (SSSR count). The zero-order chi connectivity index (χ0) is 14.1. The molecule has 0 aromatic heterocycles. The normalized spacial score (nSPS) is 9.89. The van der Waals surface area contributed by atoms with Crippen molar-refractivity contribution in [3.63, 3.8) is 0 Å². The topological polar surface area (TPSA) is 55.4 Å². The first-order valence-electron chi connectivity index (χ1n) is 5.73. The number of terminal acetylenes is 1. The Hall–Kier alpha value is -2.54. The quantitative estimate of drug-likeness (QED) is 0.491. The Balaban J connectivity index is 2.39. The van der Waals surface area contributed by atoms with Crippen molar-refractivity contribution >= 4 is 18.0 Å². The molecule has 0 aliphatic heterocycles. The Morgan fingerprint density at radius 2 is 2.26 bits per heavy atom. The Bertz CT molecular complexity index is 526. The molecular formula is C15H15NO3. The van der Waals surface area contributed by atoms with Crippen LogP contribution in [0.25, 0.3) is 6.08 Å². The minimum Gasteiger partial charge on any atom is -0.452 e. The molecule has 0 saturated heterocycles. The SMILES string of the molecule is C#CCNC(=O)COC(=O)/C=C/c1cccc(C)c1. The zero-order valence-corrected chi connectivity index (χ0v) is 10.7. The van der Waals surface area contributed by atoms with Crippen LogP contribution in [0.4, 0.5) is 0 Å². The summed E-state index contributed by atoms with van der Waals surface area (Å²) in [6, 6.07) is 7.67. The first-order chi connectivity index (χ1) is 9.11. The van der Waals surface area contributed by atoms with Crippen LogP contribution in [0.5, 0.6) is 0 Å². The molecule has 0 atom stereocenters. The molecule has 0 aliphatic carbocycles. The van der Waals surface area contributed by atoms with E-state index in [0.717, 1.165) is 11.1 Å². The van der Waals surface area contributed by atoms with E-state index < -0.39 is 11.9 Å². The smallest absolute Gasteiger partial charge is 0.331 e. The number of nitrogens with one attached hydrogen (secondary N) is 1. The second kappa shape index (κ2) is 7.72. The Morgan fingerprint density at radius 1 is 1.47 bits per heavy atom. The third kappa shape index (κ3) is 6.08. The lowest BCUT2D eigenvalue weighted by molar-refractivity contribution is -0.143. The summed E-state index contributed by atoms with van der Waals surface area (Å²) in [6.07, 6.45) is 7.89. The van der Waals surface area contributed by atoms with Gasteiger partial charge in [0.05, 0.1) is 6.54 Å². The van der Waals surface area contributed by atoms with Gasteiger partial charge in [-0.25, -0.2) is 4.79 Å². The molecule has 1 aromatic rings.